The van der Waals surface area contributed by atoms with Gasteiger partial charge in [-0.15, -0.1) is 0 Å². The molecular weight excluding hydrogens is 397 g/mol. The van der Waals surface area contributed by atoms with Gasteiger partial charge in [-0.05, 0) is 43.2 Å². The van der Waals surface area contributed by atoms with Gasteiger partial charge in [0, 0.05) is 11.7 Å². The molecule has 2 amide bonds. The van der Waals surface area contributed by atoms with Crippen LogP contribution in [-0.2, 0) is 15.8 Å². The van der Waals surface area contributed by atoms with Crippen molar-refractivity contribution in [3.05, 3.63) is 54.1 Å². The van der Waals surface area contributed by atoms with Gasteiger partial charge in [0.15, 0.2) is 0 Å². The van der Waals surface area contributed by atoms with Crippen molar-refractivity contribution in [2.75, 3.05) is 10.2 Å². The topological polar surface area (TPSA) is 67.2 Å². The van der Waals surface area contributed by atoms with Crippen LogP contribution < -0.4 is 10.2 Å². The Labute approximate surface area is 169 Å². The molecule has 1 aliphatic carbocycles. The zero-order valence-electron chi connectivity index (χ0n) is 15.7. The molecule has 1 aliphatic heterocycles. The molecule has 154 valence electrons. The van der Waals surface area contributed by atoms with Crippen molar-refractivity contribution in [3.63, 3.8) is 0 Å². The number of carbonyl (C=O) groups is 2. The molecule has 0 bridgehead atoms. The summed E-state index contributed by atoms with van der Waals surface area (Å²) < 4.78 is 40.5. The summed E-state index contributed by atoms with van der Waals surface area (Å²) in [5.74, 6) is -0.209. The smallest absolute Gasteiger partial charge is 0.326 e. The molecule has 1 atom stereocenters. The Kier molecular flexibility index (Phi) is 4.09. The fraction of sp³-hybridized carbons (Fsp3) is 0.286. The van der Waals surface area contributed by atoms with Crippen LogP contribution in [0.2, 0.25) is 0 Å². The van der Waals surface area contributed by atoms with E-state index < -0.39 is 23.7 Å². The fourth-order valence-electron chi connectivity index (χ4n) is 3.89. The predicted octanol–water partition coefficient (Wildman–Crippen LogP) is 4.13. The molecule has 0 saturated heterocycles. The van der Waals surface area contributed by atoms with Crippen LogP contribution in [-0.4, -0.2) is 27.4 Å². The molecule has 0 spiro atoms. The molecule has 9 heteroatoms. The Morgan fingerprint density at radius 3 is 2.63 bits per heavy atom. The molecule has 2 heterocycles. The van der Waals surface area contributed by atoms with E-state index in [0.717, 1.165) is 36.0 Å². The molecule has 0 radical (unpaired) electrons. The van der Waals surface area contributed by atoms with Gasteiger partial charge in [-0.3, -0.25) is 19.1 Å². The number of carbonyl (C=O) groups excluding carboxylic acids is 2. The second kappa shape index (κ2) is 6.58. The zero-order valence-corrected chi connectivity index (χ0v) is 15.7. The highest BCUT2D eigenvalue weighted by atomic mass is 19.4. The number of amides is 2. The van der Waals surface area contributed by atoms with E-state index in [4.69, 9.17) is 0 Å². The third kappa shape index (κ3) is 3.10. The number of nitrogens with one attached hydrogen (secondary N) is 1. The van der Waals surface area contributed by atoms with Crippen molar-refractivity contribution in [2.45, 2.75) is 37.5 Å². The number of para-hydroxylation sites is 2. The Bertz CT molecular complexity index is 1170. The van der Waals surface area contributed by atoms with Gasteiger partial charge in [0.05, 0.1) is 23.0 Å². The normalized spacial score (nSPS) is 18.7. The maximum Gasteiger partial charge on any atom is 0.416 e. The average Bonchev–Trinajstić information content (AvgIpc) is 3.40. The monoisotopic (exact) mass is 414 g/mol. The van der Waals surface area contributed by atoms with Crippen LogP contribution in [0.1, 0.15) is 30.9 Å². The lowest BCUT2D eigenvalue weighted by molar-refractivity contribution is -0.137. The number of imidazole rings is 1. The van der Waals surface area contributed by atoms with Crippen molar-refractivity contribution in [3.8, 4) is 0 Å². The predicted molar refractivity (Wildman–Crippen MR) is 104 cm³/mol. The van der Waals surface area contributed by atoms with Gasteiger partial charge in [0.25, 0.3) is 5.91 Å². The summed E-state index contributed by atoms with van der Waals surface area (Å²) in [6.07, 6.45) is -2.92. The number of benzene rings is 2. The van der Waals surface area contributed by atoms with E-state index in [1.54, 1.807) is 9.47 Å². The summed E-state index contributed by atoms with van der Waals surface area (Å²) >= 11 is 0. The standard InChI is InChI=1S/C21H17F3N4O2/c22-21(23,24)12-4-3-5-13(10-12)25-18(29)11-17-19(30)27(14-8-9-14)20-26-15-6-1-2-7-16(15)28(17)20/h1-7,10,14,17H,8-9,11H2,(H,25,29)/t17-/m0/s1. The molecule has 6 nitrogen and oxygen atoms in total. The second-order valence-electron chi connectivity index (χ2n) is 7.56. The lowest BCUT2D eigenvalue weighted by Gasteiger charge is -2.15. The van der Waals surface area contributed by atoms with Crippen LogP contribution in [0, 0.1) is 0 Å². The SMILES string of the molecule is O=C(C[C@H]1C(=O)N(C2CC2)c2nc3ccccc3n21)Nc1cccc(C(F)(F)F)c1. The third-order valence-electron chi connectivity index (χ3n) is 5.39. The van der Waals surface area contributed by atoms with Crippen molar-refractivity contribution >= 4 is 34.5 Å². The van der Waals surface area contributed by atoms with E-state index in [1.807, 2.05) is 24.3 Å². The molecule has 1 N–H and O–H groups in total. The number of rotatable bonds is 4. The Morgan fingerprint density at radius 2 is 1.90 bits per heavy atom. The van der Waals surface area contributed by atoms with Crippen molar-refractivity contribution < 1.29 is 22.8 Å². The first kappa shape index (κ1) is 18.7. The minimum absolute atomic E-state index is 0.0371. The molecular formula is C21H17F3N4O2. The van der Waals surface area contributed by atoms with E-state index in [-0.39, 0.29) is 24.1 Å². The fourth-order valence-corrected chi connectivity index (χ4v) is 3.89. The minimum atomic E-state index is -4.50. The van der Waals surface area contributed by atoms with Crippen molar-refractivity contribution in [2.24, 2.45) is 0 Å². The first-order valence-electron chi connectivity index (χ1n) is 9.60. The van der Waals surface area contributed by atoms with Crippen LogP contribution in [0.15, 0.2) is 48.5 Å². The molecule has 1 saturated carbocycles. The third-order valence-corrected chi connectivity index (χ3v) is 5.39. The molecule has 1 fully saturated rings. The van der Waals surface area contributed by atoms with Crippen LogP contribution >= 0.6 is 0 Å². The van der Waals surface area contributed by atoms with Crippen LogP contribution in [0.3, 0.4) is 0 Å². The number of nitrogens with zero attached hydrogens (tertiary/aromatic N) is 3. The van der Waals surface area contributed by atoms with E-state index in [1.165, 1.54) is 12.1 Å². The first-order chi connectivity index (χ1) is 14.3. The second-order valence-corrected chi connectivity index (χ2v) is 7.56. The molecule has 0 unspecified atom stereocenters. The number of anilines is 2. The summed E-state index contributed by atoms with van der Waals surface area (Å²) in [4.78, 5) is 31.9. The number of hydrogen-bond donors (Lipinski definition) is 1. The zero-order chi connectivity index (χ0) is 21.0. The lowest BCUT2D eigenvalue weighted by Crippen LogP contribution is -2.33. The maximum atomic E-state index is 13.1. The molecule has 3 aromatic rings. The number of aromatic nitrogens is 2. The van der Waals surface area contributed by atoms with Gasteiger partial charge < -0.3 is 5.32 Å². The molecule has 2 aliphatic rings. The summed E-state index contributed by atoms with van der Waals surface area (Å²) in [6, 6.07) is 11.1. The van der Waals surface area contributed by atoms with Gasteiger partial charge in [-0.2, -0.15) is 13.2 Å². The van der Waals surface area contributed by atoms with Crippen molar-refractivity contribution in [1.29, 1.82) is 0 Å². The summed E-state index contributed by atoms with van der Waals surface area (Å²) in [5.41, 5.74) is 0.671. The Hall–Kier alpha value is -3.36. The summed E-state index contributed by atoms with van der Waals surface area (Å²) in [5, 5.41) is 2.49. The quantitative estimate of drug-likeness (QED) is 0.698. The number of hydrogen-bond acceptors (Lipinski definition) is 3. The van der Waals surface area contributed by atoms with Gasteiger partial charge >= 0.3 is 6.18 Å². The van der Waals surface area contributed by atoms with Crippen LogP contribution in [0.5, 0.6) is 0 Å². The molecule has 1 aromatic heterocycles. The lowest BCUT2D eigenvalue weighted by atomic mass is 10.1. The van der Waals surface area contributed by atoms with Gasteiger partial charge in [-0.25, -0.2) is 4.98 Å². The number of halogens is 3. The van der Waals surface area contributed by atoms with E-state index in [2.05, 4.69) is 10.3 Å². The first-order valence-corrected chi connectivity index (χ1v) is 9.60. The number of alkyl halides is 3. The highest BCUT2D eigenvalue weighted by Gasteiger charge is 2.47. The van der Waals surface area contributed by atoms with E-state index in [0.29, 0.717) is 5.95 Å². The molecule has 2 aromatic carbocycles. The van der Waals surface area contributed by atoms with Gasteiger partial charge in [0.2, 0.25) is 11.9 Å². The van der Waals surface area contributed by atoms with Crippen LogP contribution in [0.4, 0.5) is 24.8 Å². The minimum Gasteiger partial charge on any atom is -0.326 e. The Morgan fingerprint density at radius 1 is 1.13 bits per heavy atom. The van der Waals surface area contributed by atoms with Crippen molar-refractivity contribution in [1.82, 2.24) is 9.55 Å². The molecule has 5 rings (SSSR count). The highest BCUT2D eigenvalue weighted by molar-refractivity contribution is 6.05. The summed E-state index contributed by atoms with van der Waals surface area (Å²) in [6.45, 7) is 0. The number of fused-ring (bicyclic) bond motifs is 3. The van der Waals surface area contributed by atoms with Gasteiger partial charge in [-0.1, -0.05) is 18.2 Å². The van der Waals surface area contributed by atoms with Crippen LogP contribution in [0.25, 0.3) is 11.0 Å². The van der Waals surface area contributed by atoms with E-state index >= 15 is 0 Å². The van der Waals surface area contributed by atoms with Gasteiger partial charge in [0.1, 0.15) is 6.04 Å². The largest absolute Gasteiger partial charge is 0.416 e. The maximum absolute atomic E-state index is 13.1. The van der Waals surface area contributed by atoms with E-state index in [9.17, 15) is 22.8 Å². The molecule has 30 heavy (non-hydrogen) atoms. The average molecular weight is 414 g/mol. The Balaban J connectivity index is 1.42. The summed E-state index contributed by atoms with van der Waals surface area (Å²) in [7, 11) is 0. The highest BCUT2D eigenvalue weighted by Crippen LogP contribution is 2.42.